The van der Waals surface area contributed by atoms with Crippen LogP contribution in [0, 0.1) is 0 Å². The Bertz CT molecular complexity index is 648. The Morgan fingerprint density at radius 1 is 1.48 bits per heavy atom. The van der Waals surface area contributed by atoms with Crippen LogP contribution in [-0.4, -0.2) is 45.7 Å². The van der Waals surface area contributed by atoms with Gasteiger partial charge in [-0.2, -0.15) is 5.10 Å². The maximum atomic E-state index is 12.0. The molecule has 1 amide bonds. The molecule has 1 aromatic rings. The average molecular weight is 357 g/mol. The van der Waals surface area contributed by atoms with E-state index >= 15 is 0 Å². The molecule has 2 heterocycles. The molecular weight excluding hydrogens is 340 g/mol. The zero-order valence-corrected chi connectivity index (χ0v) is 14.2. The minimum atomic E-state index is -0.556. The highest BCUT2D eigenvalue weighted by Gasteiger charge is 2.16. The number of carbonyl (C=O) groups is 1. The van der Waals surface area contributed by atoms with Crippen LogP contribution in [0.4, 0.5) is 11.6 Å². The molecule has 0 radical (unpaired) electrons. The fourth-order valence-electron chi connectivity index (χ4n) is 1.61. The van der Waals surface area contributed by atoms with Crippen LogP contribution in [0.5, 0.6) is 0 Å². The standard InChI is InChI=1S/C12H17ClN8OS/c1-6(2)18-10-8(13)19-7(9(14)20-10)11(22)16-5-17-21-12-15-3-4-23-12/h5-6H,3-4H2,1-2H3,(H,15,21)(H3,14,18,20)(H,16,17,22). The largest absolute Gasteiger partial charge is 0.382 e. The van der Waals surface area contributed by atoms with E-state index in [-0.39, 0.29) is 22.7 Å². The Morgan fingerprint density at radius 2 is 2.26 bits per heavy atom. The zero-order valence-electron chi connectivity index (χ0n) is 12.6. The summed E-state index contributed by atoms with van der Waals surface area (Å²) in [5.74, 6) is 0.681. The van der Waals surface area contributed by atoms with E-state index in [9.17, 15) is 4.79 Å². The van der Waals surface area contributed by atoms with E-state index in [4.69, 9.17) is 17.3 Å². The lowest BCUT2D eigenvalue weighted by Gasteiger charge is -2.12. The third-order valence-electron chi connectivity index (χ3n) is 2.53. The van der Waals surface area contributed by atoms with Crippen LogP contribution in [0.15, 0.2) is 10.1 Å². The van der Waals surface area contributed by atoms with Gasteiger partial charge in [-0.05, 0) is 13.8 Å². The lowest BCUT2D eigenvalue weighted by atomic mass is 10.3. The molecule has 0 atom stereocenters. The van der Waals surface area contributed by atoms with E-state index in [1.807, 2.05) is 13.8 Å². The molecule has 11 heteroatoms. The van der Waals surface area contributed by atoms with E-state index in [0.29, 0.717) is 11.0 Å². The first kappa shape index (κ1) is 17.3. The number of aromatic nitrogens is 2. The average Bonchev–Trinajstić information content (AvgIpc) is 2.99. The maximum absolute atomic E-state index is 12.0. The van der Waals surface area contributed by atoms with Gasteiger partial charge in [0.15, 0.2) is 27.7 Å². The fourth-order valence-corrected chi connectivity index (χ4v) is 2.47. The molecule has 1 aliphatic rings. The Hall–Kier alpha value is -2.07. The predicted molar refractivity (Wildman–Crippen MR) is 94.1 cm³/mol. The van der Waals surface area contributed by atoms with Crippen molar-refractivity contribution in [2.24, 2.45) is 10.1 Å². The number of nitrogens with one attached hydrogen (secondary N) is 3. The second-order valence-electron chi connectivity index (χ2n) is 4.77. The highest BCUT2D eigenvalue weighted by atomic mass is 35.5. The van der Waals surface area contributed by atoms with Gasteiger partial charge in [0.05, 0.1) is 6.54 Å². The van der Waals surface area contributed by atoms with Crippen molar-refractivity contribution in [2.45, 2.75) is 19.9 Å². The molecule has 23 heavy (non-hydrogen) atoms. The number of halogens is 1. The molecule has 1 aromatic heterocycles. The number of nitrogen functional groups attached to an aromatic ring is 1. The molecule has 1 aliphatic heterocycles. The lowest BCUT2D eigenvalue weighted by Crippen LogP contribution is -2.26. The SMILES string of the molecule is CC(C)Nc1nc(N)c(C(=O)NC=NNC2=NCCS2)nc1Cl. The summed E-state index contributed by atoms with van der Waals surface area (Å²) in [5.41, 5.74) is 8.40. The molecule has 0 aliphatic carbocycles. The number of hydrogen-bond donors (Lipinski definition) is 4. The summed E-state index contributed by atoms with van der Waals surface area (Å²) in [5, 5.41) is 10.0. The maximum Gasteiger partial charge on any atom is 0.278 e. The molecule has 0 saturated heterocycles. The lowest BCUT2D eigenvalue weighted by molar-refractivity contribution is 0.0974. The van der Waals surface area contributed by atoms with Gasteiger partial charge in [0.1, 0.15) is 6.34 Å². The van der Waals surface area contributed by atoms with E-state index in [1.54, 1.807) is 11.8 Å². The van der Waals surface area contributed by atoms with Gasteiger partial charge in [0.25, 0.3) is 5.91 Å². The van der Waals surface area contributed by atoms with Crippen LogP contribution in [-0.2, 0) is 0 Å². The molecule has 0 unspecified atom stereocenters. The van der Waals surface area contributed by atoms with Gasteiger partial charge >= 0.3 is 0 Å². The second-order valence-corrected chi connectivity index (χ2v) is 6.22. The van der Waals surface area contributed by atoms with Crippen molar-refractivity contribution in [2.75, 3.05) is 23.3 Å². The van der Waals surface area contributed by atoms with Crippen molar-refractivity contribution in [3.8, 4) is 0 Å². The third kappa shape index (κ3) is 4.96. The zero-order chi connectivity index (χ0) is 16.8. The fraction of sp³-hybridized carbons (Fsp3) is 0.417. The van der Waals surface area contributed by atoms with Gasteiger partial charge in [-0.3, -0.25) is 15.2 Å². The monoisotopic (exact) mass is 356 g/mol. The number of nitrogens with two attached hydrogens (primary N) is 1. The Morgan fingerprint density at radius 3 is 2.91 bits per heavy atom. The number of hydrogen-bond acceptors (Lipinski definition) is 9. The molecule has 0 bridgehead atoms. The summed E-state index contributed by atoms with van der Waals surface area (Å²) < 4.78 is 0. The van der Waals surface area contributed by atoms with Gasteiger partial charge < -0.3 is 16.4 Å². The van der Waals surface area contributed by atoms with Gasteiger partial charge in [0, 0.05) is 11.8 Å². The number of rotatable bonds is 5. The first-order valence-electron chi connectivity index (χ1n) is 6.82. The molecule has 9 nitrogen and oxygen atoms in total. The van der Waals surface area contributed by atoms with Gasteiger partial charge in [-0.1, -0.05) is 23.4 Å². The smallest absolute Gasteiger partial charge is 0.278 e. The summed E-state index contributed by atoms with van der Waals surface area (Å²) in [6, 6.07) is 0.107. The van der Waals surface area contributed by atoms with Crippen LogP contribution in [0.25, 0.3) is 0 Å². The Balaban J connectivity index is 1.98. The van der Waals surface area contributed by atoms with E-state index < -0.39 is 5.91 Å². The van der Waals surface area contributed by atoms with Crippen molar-refractivity contribution in [1.29, 1.82) is 0 Å². The third-order valence-corrected chi connectivity index (χ3v) is 3.67. The molecule has 5 N–H and O–H groups in total. The summed E-state index contributed by atoms with van der Waals surface area (Å²) in [4.78, 5) is 24.2. The van der Waals surface area contributed by atoms with Gasteiger partial charge in [-0.15, -0.1) is 0 Å². The molecule has 0 spiro atoms. The van der Waals surface area contributed by atoms with E-state index in [2.05, 4.69) is 36.1 Å². The summed E-state index contributed by atoms with van der Waals surface area (Å²) in [7, 11) is 0. The number of nitrogens with zero attached hydrogens (tertiary/aromatic N) is 4. The minimum absolute atomic E-state index is 0.0212. The van der Waals surface area contributed by atoms with Crippen molar-refractivity contribution in [3.05, 3.63) is 10.8 Å². The summed E-state index contributed by atoms with van der Waals surface area (Å²) >= 11 is 7.55. The van der Waals surface area contributed by atoms with E-state index in [0.717, 1.165) is 12.3 Å². The van der Waals surface area contributed by atoms with Crippen molar-refractivity contribution < 1.29 is 4.79 Å². The number of amides is 1. The minimum Gasteiger partial charge on any atom is -0.382 e. The number of thioether (sulfide) groups is 1. The van der Waals surface area contributed by atoms with Gasteiger partial charge in [-0.25, -0.2) is 9.97 Å². The molecule has 124 valence electrons. The van der Waals surface area contributed by atoms with Crippen molar-refractivity contribution in [3.63, 3.8) is 0 Å². The van der Waals surface area contributed by atoms with Gasteiger partial charge in [0.2, 0.25) is 0 Å². The van der Waals surface area contributed by atoms with E-state index in [1.165, 1.54) is 6.34 Å². The first-order chi connectivity index (χ1) is 11.0. The van der Waals surface area contributed by atoms with Crippen LogP contribution in [0.2, 0.25) is 5.15 Å². The Labute approximate surface area is 142 Å². The molecule has 0 aromatic carbocycles. The summed E-state index contributed by atoms with van der Waals surface area (Å²) in [6.45, 7) is 4.60. The molecule has 2 rings (SSSR count). The molecule has 0 fully saturated rings. The summed E-state index contributed by atoms with van der Waals surface area (Å²) in [6.07, 6.45) is 1.19. The normalized spacial score (nSPS) is 14.2. The second kappa shape index (κ2) is 7.97. The van der Waals surface area contributed by atoms with Crippen molar-refractivity contribution in [1.82, 2.24) is 20.7 Å². The molecule has 0 saturated carbocycles. The number of aliphatic imine (C=N–C) groups is 1. The van der Waals surface area contributed by atoms with Crippen LogP contribution in [0.3, 0.4) is 0 Å². The number of amidine groups is 1. The highest BCUT2D eigenvalue weighted by molar-refractivity contribution is 8.14. The Kier molecular flexibility index (Phi) is 5.99. The topological polar surface area (TPSA) is 130 Å². The van der Waals surface area contributed by atoms with Crippen LogP contribution < -0.4 is 21.8 Å². The molecular formula is C12H17ClN8OS. The number of anilines is 2. The van der Waals surface area contributed by atoms with Crippen molar-refractivity contribution >= 4 is 52.4 Å². The van der Waals surface area contributed by atoms with Crippen LogP contribution >= 0.6 is 23.4 Å². The number of carbonyl (C=O) groups excluding carboxylic acids is 1. The predicted octanol–water partition coefficient (Wildman–Crippen LogP) is 0.898. The quantitative estimate of drug-likeness (QED) is 0.350. The number of hydrazone groups is 1. The first-order valence-corrected chi connectivity index (χ1v) is 8.19. The highest BCUT2D eigenvalue weighted by Crippen LogP contribution is 2.21. The van der Waals surface area contributed by atoms with Crippen LogP contribution in [0.1, 0.15) is 24.3 Å².